The first kappa shape index (κ1) is 27.8. The van der Waals surface area contributed by atoms with Gasteiger partial charge in [0, 0.05) is 0 Å². The first-order chi connectivity index (χ1) is 19.6. The van der Waals surface area contributed by atoms with Crippen molar-refractivity contribution < 1.29 is 14.0 Å². The van der Waals surface area contributed by atoms with E-state index >= 15 is 0 Å². The van der Waals surface area contributed by atoms with Crippen molar-refractivity contribution in [1.82, 2.24) is 30.0 Å². The van der Waals surface area contributed by atoms with E-state index < -0.39 is 28.7 Å². The van der Waals surface area contributed by atoms with Crippen LogP contribution in [0.1, 0.15) is 49.3 Å². The SMILES string of the molecule is CC(C)[C@@H](NC(=O)Cn1c(-c2ccccc2)cnc(N)c1=O)C(=O)c1nnc(C(C)(C)c2nc3ccccc3s2)o1. The van der Waals surface area contributed by atoms with Gasteiger partial charge in [0.1, 0.15) is 11.6 Å². The van der Waals surface area contributed by atoms with E-state index in [1.807, 2.05) is 56.3 Å². The molecule has 0 aliphatic rings. The van der Waals surface area contributed by atoms with Gasteiger partial charge in [0.05, 0.1) is 33.6 Å². The van der Waals surface area contributed by atoms with Crippen LogP contribution < -0.4 is 16.6 Å². The molecule has 0 spiro atoms. The Bertz CT molecular complexity index is 1760. The van der Waals surface area contributed by atoms with Crippen molar-refractivity contribution in [3.05, 3.63) is 87.9 Å². The van der Waals surface area contributed by atoms with Crippen molar-refractivity contribution in [2.24, 2.45) is 5.92 Å². The fourth-order valence-corrected chi connectivity index (χ4v) is 5.40. The van der Waals surface area contributed by atoms with Gasteiger partial charge in [-0.2, -0.15) is 0 Å². The molecule has 5 aromatic rings. The lowest BCUT2D eigenvalue weighted by molar-refractivity contribution is -0.122. The van der Waals surface area contributed by atoms with Crippen LogP contribution in [0.25, 0.3) is 21.5 Å². The Morgan fingerprint density at radius 2 is 1.78 bits per heavy atom. The third-order valence-corrected chi connectivity index (χ3v) is 8.08. The van der Waals surface area contributed by atoms with Crippen molar-refractivity contribution in [3.8, 4) is 11.3 Å². The summed E-state index contributed by atoms with van der Waals surface area (Å²) in [5.41, 5.74) is 6.38. The summed E-state index contributed by atoms with van der Waals surface area (Å²) in [5, 5.41) is 11.7. The molecule has 41 heavy (non-hydrogen) atoms. The maximum atomic E-state index is 13.5. The molecule has 3 N–H and O–H groups in total. The summed E-state index contributed by atoms with van der Waals surface area (Å²) in [7, 11) is 0. The van der Waals surface area contributed by atoms with Crippen LogP contribution in [0.15, 0.2) is 70.0 Å². The molecule has 0 radical (unpaired) electrons. The van der Waals surface area contributed by atoms with Gasteiger partial charge in [-0.3, -0.25) is 19.0 Å². The Morgan fingerprint density at radius 1 is 1.07 bits per heavy atom. The number of ketones is 1. The molecule has 0 bridgehead atoms. The molecule has 1 amide bonds. The second kappa shape index (κ2) is 11.0. The second-order valence-electron chi connectivity index (χ2n) is 10.5. The minimum Gasteiger partial charge on any atom is -0.417 e. The number of nitrogens with two attached hydrogens (primary N) is 1. The van der Waals surface area contributed by atoms with Gasteiger partial charge in [0.25, 0.3) is 11.4 Å². The minimum atomic E-state index is -0.976. The maximum Gasteiger partial charge on any atom is 0.294 e. The van der Waals surface area contributed by atoms with Crippen molar-refractivity contribution in [2.75, 3.05) is 5.73 Å². The summed E-state index contributed by atoms with van der Waals surface area (Å²) in [4.78, 5) is 48.2. The van der Waals surface area contributed by atoms with Gasteiger partial charge in [-0.05, 0) is 37.5 Å². The molecule has 0 unspecified atom stereocenters. The van der Waals surface area contributed by atoms with Gasteiger partial charge >= 0.3 is 0 Å². The van der Waals surface area contributed by atoms with Gasteiger partial charge in [0.15, 0.2) is 5.82 Å². The number of carbonyl (C=O) groups is 2. The molecule has 5 rings (SSSR count). The molecule has 2 aromatic carbocycles. The maximum absolute atomic E-state index is 13.5. The van der Waals surface area contributed by atoms with E-state index in [-0.39, 0.29) is 30.1 Å². The molecule has 0 fully saturated rings. The van der Waals surface area contributed by atoms with Crippen LogP contribution in [-0.2, 0) is 16.8 Å². The molecule has 210 valence electrons. The zero-order chi connectivity index (χ0) is 29.3. The molecule has 0 saturated carbocycles. The molecular weight excluding hydrogens is 542 g/mol. The summed E-state index contributed by atoms with van der Waals surface area (Å²) in [6.07, 6.45) is 1.44. The lowest BCUT2D eigenvalue weighted by atomic mass is 9.94. The standard InChI is InChI=1S/C29H29N7O4S/c1-16(2)22(33-21(37)15-36-19(14-31-24(30)26(36)39)17-10-6-5-7-11-17)23(38)25-34-35-27(40-25)29(3,4)28-32-18-12-8-9-13-20(18)41-28/h5-14,16,22H,15H2,1-4H3,(H2,30,31)(H,33,37)/t22-/m1/s1. The van der Waals surface area contributed by atoms with E-state index in [4.69, 9.17) is 15.1 Å². The van der Waals surface area contributed by atoms with Gasteiger partial charge in [0.2, 0.25) is 17.6 Å². The van der Waals surface area contributed by atoms with Crippen molar-refractivity contribution in [1.29, 1.82) is 0 Å². The fourth-order valence-electron chi connectivity index (χ4n) is 4.34. The smallest absolute Gasteiger partial charge is 0.294 e. The summed E-state index contributed by atoms with van der Waals surface area (Å²) in [5.74, 6) is -1.62. The van der Waals surface area contributed by atoms with Crippen LogP contribution in [0, 0.1) is 5.92 Å². The zero-order valence-corrected chi connectivity index (χ0v) is 23.8. The summed E-state index contributed by atoms with van der Waals surface area (Å²) >= 11 is 1.52. The largest absolute Gasteiger partial charge is 0.417 e. The normalized spacial score (nSPS) is 12.5. The fraction of sp³-hybridized carbons (Fsp3) is 0.276. The van der Waals surface area contributed by atoms with Crippen molar-refractivity contribution >= 4 is 39.1 Å². The topological polar surface area (TPSA) is 159 Å². The van der Waals surface area contributed by atoms with E-state index in [0.29, 0.717) is 11.3 Å². The van der Waals surface area contributed by atoms with Gasteiger partial charge in [-0.25, -0.2) is 9.97 Å². The van der Waals surface area contributed by atoms with Crippen molar-refractivity contribution in [3.63, 3.8) is 0 Å². The Kier molecular flexibility index (Phi) is 7.50. The number of amides is 1. The van der Waals surface area contributed by atoms with E-state index in [9.17, 15) is 14.4 Å². The van der Waals surface area contributed by atoms with Crippen molar-refractivity contribution in [2.45, 2.75) is 45.7 Å². The van der Waals surface area contributed by atoms with Crippen LogP contribution in [-0.4, -0.2) is 42.5 Å². The van der Waals surface area contributed by atoms with E-state index in [1.54, 1.807) is 26.0 Å². The molecule has 3 aromatic heterocycles. The minimum absolute atomic E-state index is 0.219. The van der Waals surface area contributed by atoms with E-state index in [2.05, 4.69) is 20.5 Å². The van der Waals surface area contributed by atoms with Crippen LogP contribution >= 0.6 is 11.3 Å². The number of nitrogen functional groups attached to an aromatic ring is 1. The number of benzene rings is 2. The molecular formula is C29H29N7O4S. The molecule has 0 aliphatic heterocycles. The lowest BCUT2D eigenvalue weighted by Crippen LogP contribution is -2.46. The predicted octanol–water partition coefficient (Wildman–Crippen LogP) is 3.83. The van der Waals surface area contributed by atoms with Gasteiger partial charge < -0.3 is 15.5 Å². The summed E-state index contributed by atoms with van der Waals surface area (Å²) in [6, 6.07) is 15.9. The highest BCUT2D eigenvalue weighted by Crippen LogP contribution is 2.36. The molecule has 3 heterocycles. The number of thiazole rings is 1. The summed E-state index contributed by atoms with van der Waals surface area (Å²) in [6.45, 7) is 7.01. The Morgan fingerprint density at radius 3 is 2.49 bits per heavy atom. The van der Waals surface area contributed by atoms with Crippen LogP contribution in [0.3, 0.4) is 0 Å². The number of nitrogens with zero attached hydrogens (tertiary/aromatic N) is 5. The highest BCUT2D eigenvalue weighted by atomic mass is 32.1. The predicted molar refractivity (Wildman–Crippen MR) is 155 cm³/mol. The molecule has 0 saturated heterocycles. The van der Waals surface area contributed by atoms with Gasteiger partial charge in [-0.15, -0.1) is 21.5 Å². The quantitative estimate of drug-likeness (QED) is 0.251. The van der Waals surface area contributed by atoms with Crippen LogP contribution in [0.4, 0.5) is 5.82 Å². The van der Waals surface area contributed by atoms with E-state index in [0.717, 1.165) is 15.2 Å². The molecule has 0 aliphatic carbocycles. The number of hydrogen-bond donors (Lipinski definition) is 2. The second-order valence-corrected chi connectivity index (χ2v) is 11.5. The molecule has 11 nitrogen and oxygen atoms in total. The Hall–Kier alpha value is -4.71. The van der Waals surface area contributed by atoms with Crippen LogP contribution in [0.2, 0.25) is 0 Å². The number of anilines is 1. The lowest BCUT2D eigenvalue weighted by Gasteiger charge is -2.21. The summed E-state index contributed by atoms with van der Waals surface area (Å²) < 4.78 is 8.13. The third-order valence-electron chi connectivity index (χ3n) is 6.72. The number of hydrogen-bond acceptors (Lipinski definition) is 10. The average Bonchev–Trinajstić information content (AvgIpc) is 3.63. The monoisotopic (exact) mass is 571 g/mol. The number of para-hydroxylation sites is 1. The third kappa shape index (κ3) is 5.50. The number of rotatable bonds is 9. The highest BCUT2D eigenvalue weighted by Gasteiger charge is 2.36. The molecule has 12 heteroatoms. The highest BCUT2D eigenvalue weighted by molar-refractivity contribution is 7.18. The number of nitrogens with one attached hydrogen (secondary N) is 1. The first-order valence-corrected chi connectivity index (χ1v) is 13.8. The number of carbonyl (C=O) groups excluding carboxylic acids is 2. The zero-order valence-electron chi connectivity index (χ0n) is 23.0. The number of fused-ring (bicyclic) bond motifs is 1. The number of aromatic nitrogens is 5. The average molecular weight is 572 g/mol. The molecule has 1 atom stereocenters. The Labute approximate surface area is 239 Å². The first-order valence-electron chi connectivity index (χ1n) is 13.0. The Balaban J connectivity index is 1.37. The number of Topliss-reactive ketones (excluding diaryl/α,β-unsaturated/α-hetero) is 1. The van der Waals surface area contributed by atoms with Crippen LogP contribution in [0.5, 0.6) is 0 Å². The van der Waals surface area contributed by atoms with Gasteiger partial charge in [-0.1, -0.05) is 56.3 Å². The van der Waals surface area contributed by atoms with E-state index in [1.165, 1.54) is 22.1 Å².